The van der Waals surface area contributed by atoms with E-state index in [2.05, 4.69) is 0 Å². The molecule has 0 aliphatic carbocycles. The van der Waals surface area contributed by atoms with Gasteiger partial charge < -0.3 is 15.6 Å². The van der Waals surface area contributed by atoms with Crippen molar-refractivity contribution in [2.24, 2.45) is 5.73 Å². The maximum absolute atomic E-state index is 10.2. The van der Waals surface area contributed by atoms with E-state index in [1.807, 2.05) is 20.8 Å². The molecule has 0 aromatic rings. The van der Waals surface area contributed by atoms with E-state index in [1.165, 1.54) is 0 Å². The van der Waals surface area contributed by atoms with Crippen molar-refractivity contribution in [1.82, 2.24) is 0 Å². The maximum atomic E-state index is 10.2. The molecule has 0 amide bonds. The number of hydrogen-bond donors (Lipinski definition) is 2. The molecule has 0 bridgehead atoms. The van der Waals surface area contributed by atoms with E-state index >= 15 is 0 Å². The van der Waals surface area contributed by atoms with E-state index in [1.54, 1.807) is 0 Å². The van der Waals surface area contributed by atoms with Crippen molar-refractivity contribution in [1.29, 1.82) is 0 Å². The average Bonchev–Trinajstić information content (AvgIpc) is 1.80. The lowest BCUT2D eigenvalue weighted by molar-refractivity contribution is -0.141. The predicted molar refractivity (Wildman–Crippen MR) is 48.6 cm³/mol. The summed E-state index contributed by atoms with van der Waals surface area (Å²) in [7, 11) is 0. The van der Waals surface area contributed by atoms with Crippen molar-refractivity contribution in [3.05, 3.63) is 0 Å². The highest BCUT2D eigenvalue weighted by Gasteiger charge is 2.16. The van der Waals surface area contributed by atoms with Crippen LogP contribution in [0.15, 0.2) is 0 Å². The summed E-state index contributed by atoms with van der Waals surface area (Å²) in [5.74, 6) is -1.03. The molecule has 0 radical (unpaired) electrons. The van der Waals surface area contributed by atoms with E-state index in [0.29, 0.717) is 0 Å². The molecule has 5 heteroatoms. The Bertz CT molecular complexity index is 144. The van der Waals surface area contributed by atoms with Gasteiger partial charge in [0.25, 0.3) is 0 Å². The van der Waals surface area contributed by atoms with Gasteiger partial charge >= 0.3 is 5.97 Å². The normalized spacial score (nSPS) is 13.3. The summed E-state index contributed by atoms with van der Waals surface area (Å²) >= 11 is 0. The largest absolute Gasteiger partial charge is 0.480 e. The summed E-state index contributed by atoms with van der Waals surface area (Å²) in [5, 5.41) is 8.37. The summed E-state index contributed by atoms with van der Waals surface area (Å²) in [6, 6.07) is -0.922. The lowest BCUT2D eigenvalue weighted by Gasteiger charge is -2.20. The van der Waals surface area contributed by atoms with Crippen LogP contribution < -0.4 is 5.73 Å². The van der Waals surface area contributed by atoms with Gasteiger partial charge in [-0.05, 0) is 20.8 Å². The Labute approximate surface area is 78.5 Å². The van der Waals surface area contributed by atoms with Crippen LogP contribution in [0.2, 0.25) is 0 Å². The van der Waals surface area contributed by atoms with E-state index in [4.69, 9.17) is 15.6 Å². The third kappa shape index (κ3) is 7.78. The molecule has 0 aliphatic heterocycles. The van der Waals surface area contributed by atoms with Crippen LogP contribution in [0.5, 0.6) is 0 Å². The van der Waals surface area contributed by atoms with E-state index in [0.717, 1.165) is 0 Å². The molecule has 0 spiro atoms. The van der Waals surface area contributed by atoms with Gasteiger partial charge in [0.15, 0.2) is 0 Å². The Balaban J connectivity index is 0. The van der Waals surface area contributed by atoms with Crippen LogP contribution in [0.25, 0.3) is 0 Å². The monoisotopic (exact) mass is 197 g/mol. The lowest BCUT2D eigenvalue weighted by atomic mass is 10.2. The molecule has 0 aromatic carbocycles. The summed E-state index contributed by atoms with van der Waals surface area (Å²) < 4.78 is 5.15. The molecule has 0 aromatic heterocycles. The molecule has 0 saturated heterocycles. The number of carbonyl (C=O) groups is 1. The Morgan fingerprint density at radius 3 is 2.25 bits per heavy atom. The van der Waals surface area contributed by atoms with Crippen molar-refractivity contribution in [2.75, 3.05) is 6.61 Å². The maximum Gasteiger partial charge on any atom is 0.322 e. The second-order valence-electron chi connectivity index (χ2n) is 3.37. The number of ether oxygens (including phenoxy) is 1. The zero-order chi connectivity index (χ0) is 9.07. The molecule has 74 valence electrons. The van der Waals surface area contributed by atoms with Gasteiger partial charge in [-0.1, -0.05) is 0 Å². The minimum Gasteiger partial charge on any atom is -0.480 e. The van der Waals surface area contributed by atoms with Gasteiger partial charge in [0.05, 0.1) is 12.2 Å². The molecule has 3 N–H and O–H groups in total. The Morgan fingerprint density at radius 1 is 1.58 bits per heavy atom. The number of carboxylic acid groups (broad SMARTS) is 1. The first kappa shape index (κ1) is 14.2. The minimum atomic E-state index is -1.03. The van der Waals surface area contributed by atoms with Crippen molar-refractivity contribution in [3.8, 4) is 0 Å². The molecular formula is C7H16ClNO3. The van der Waals surface area contributed by atoms with Crippen LogP contribution in [0, 0.1) is 0 Å². The molecule has 0 heterocycles. The van der Waals surface area contributed by atoms with Crippen molar-refractivity contribution in [2.45, 2.75) is 32.4 Å². The van der Waals surface area contributed by atoms with Gasteiger partial charge in [-0.25, -0.2) is 0 Å². The van der Waals surface area contributed by atoms with Crippen LogP contribution in [-0.4, -0.2) is 29.3 Å². The highest BCUT2D eigenvalue weighted by molar-refractivity contribution is 5.85. The fourth-order valence-electron chi connectivity index (χ4n) is 0.411. The van der Waals surface area contributed by atoms with Crippen LogP contribution in [0.3, 0.4) is 0 Å². The second kappa shape index (κ2) is 5.35. The number of halogens is 1. The van der Waals surface area contributed by atoms with Crippen LogP contribution >= 0.6 is 12.4 Å². The average molecular weight is 198 g/mol. The fourth-order valence-corrected chi connectivity index (χ4v) is 0.411. The van der Waals surface area contributed by atoms with Crippen LogP contribution in [0.1, 0.15) is 20.8 Å². The van der Waals surface area contributed by atoms with Crippen molar-refractivity contribution in [3.63, 3.8) is 0 Å². The molecule has 0 saturated carbocycles. The Kier molecular flexibility index (Phi) is 6.34. The molecule has 0 unspecified atom stereocenters. The minimum absolute atomic E-state index is 0. The predicted octanol–water partition coefficient (Wildman–Crippen LogP) is 0.635. The van der Waals surface area contributed by atoms with Gasteiger partial charge in [0.2, 0.25) is 0 Å². The van der Waals surface area contributed by atoms with Crippen LogP contribution in [-0.2, 0) is 9.53 Å². The van der Waals surface area contributed by atoms with Crippen LogP contribution in [0.4, 0.5) is 0 Å². The molecule has 0 fully saturated rings. The summed E-state index contributed by atoms with van der Waals surface area (Å²) in [5.41, 5.74) is 4.87. The first-order chi connectivity index (χ1) is 4.83. The van der Waals surface area contributed by atoms with E-state index < -0.39 is 12.0 Å². The topological polar surface area (TPSA) is 72.5 Å². The van der Waals surface area contributed by atoms with E-state index in [9.17, 15) is 4.79 Å². The highest BCUT2D eigenvalue weighted by atomic mass is 35.5. The number of hydrogen-bond acceptors (Lipinski definition) is 3. The standard InChI is InChI=1S/C7H15NO3.ClH/c1-7(2,3)11-4-5(8)6(9)10;/h5H,4,8H2,1-3H3,(H,9,10);1H/t5-;/m0./s1. The van der Waals surface area contributed by atoms with E-state index in [-0.39, 0.29) is 24.6 Å². The quantitative estimate of drug-likeness (QED) is 0.697. The first-order valence-electron chi connectivity index (χ1n) is 3.45. The Morgan fingerprint density at radius 2 is 2.00 bits per heavy atom. The number of aliphatic carboxylic acids is 1. The fraction of sp³-hybridized carbons (Fsp3) is 0.857. The molecule has 0 aliphatic rings. The van der Waals surface area contributed by atoms with Gasteiger partial charge in [-0.15, -0.1) is 12.4 Å². The lowest BCUT2D eigenvalue weighted by Crippen LogP contribution is -2.37. The van der Waals surface area contributed by atoms with Gasteiger partial charge in [-0.2, -0.15) is 0 Å². The molecular weight excluding hydrogens is 182 g/mol. The third-order valence-corrected chi connectivity index (χ3v) is 1.01. The van der Waals surface area contributed by atoms with Gasteiger partial charge in [-0.3, -0.25) is 4.79 Å². The highest BCUT2D eigenvalue weighted by Crippen LogP contribution is 2.06. The first-order valence-corrected chi connectivity index (χ1v) is 3.45. The zero-order valence-corrected chi connectivity index (χ0v) is 8.35. The molecule has 12 heavy (non-hydrogen) atoms. The molecule has 0 rings (SSSR count). The van der Waals surface area contributed by atoms with Gasteiger partial charge in [0, 0.05) is 0 Å². The molecule has 1 atom stereocenters. The number of nitrogens with two attached hydrogens (primary N) is 1. The Hall–Kier alpha value is -0.320. The number of carboxylic acids is 1. The summed E-state index contributed by atoms with van der Waals surface area (Å²) in [6.07, 6.45) is 0. The summed E-state index contributed by atoms with van der Waals surface area (Å²) in [4.78, 5) is 10.2. The smallest absolute Gasteiger partial charge is 0.322 e. The van der Waals surface area contributed by atoms with Crippen molar-refractivity contribution < 1.29 is 14.6 Å². The zero-order valence-electron chi connectivity index (χ0n) is 7.53. The SMILES string of the molecule is CC(C)(C)OC[C@H](N)C(=O)O.Cl. The molecule has 4 nitrogen and oxygen atoms in total. The van der Waals surface area contributed by atoms with Crippen molar-refractivity contribution >= 4 is 18.4 Å². The summed E-state index contributed by atoms with van der Waals surface area (Å²) in [6.45, 7) is 5.60. The van der Waals surface area contributed by atoms with Gasteiger partial charge in [0.1, 0.15) is 6.04 Å². The number of rotatable bonds is 3. The second-order valence-corrected chi connectivity index (χ2v) is 3.37. The third-order valence-electron chi connectivity index (χ3n) is 1.01.